The lowest BCUT2D eigenvalue weighted by molar-refractivity contribution is -0.145. The molecule has 1 aromatic carbocycles. The monoisotopic (exact) mass is 245 g/mol. The Kier molecular flexibility index (Phi) is 2.80. The molecule has 0 spiro atoms. The van der Waals surface area contributed by atoms with E-state index in [0.717, 1.165) is 22.3 Å². The highest BCUT2D eigenvalue weighted by Crippen LogP contribution is 2.29. The number of carbonyl (C=O) groups excluding carboxylic acids is 1. The fourth-order valence-corrected chi connectivity index (χ4v) is 2.42. The van der Waals surface area contributed by atoms with Crippen molar-refractivity contribution in [2.75, 3.05) is 6.61 Å². The van der Waals surface area contributed by atoms with Crippen molar-refractivity contribution in [3.05, 3.63) is 35.6 Å². The van der Waals surface area contributed by atoms with Crippen LogP contribution in [0.3, 0.4) is 0 Å². The van der Waals surface area contributed by atoms with E-state index in [1.54, 1.807) is 0 Å². The van der Waals surface area contributed by atoms with E-state index in [1.807, 2.05) is 31.2 Å². The van der Waals surface area contributed by atoms with Crippen molar-refractivity contribution in [1.82, 2.24) is 5.32 Å². The van der Waals surface area contributed by atoms with Crippen molar-refractivity contribution in [3.8, 4) is 0 Å². The van der Waals surface area contributed by atoms with Crippen LogP contribution in [-0.4, -0.2) is 18.6 Å². The molecular formula is C14H15NO3. The highest BCUT2D eigenvalue weighted by Gasteiger charge is 2.28. The van der Waals surface area contributed by atoms with E-state index in [2.05, 4.69) is 5.32 Å². The second-order valence-electron chi connectivity index (χ2n) is 4.39. The van der Waals surface area contributed by atoms with Gasteiger partial charge in [-0.25, -0.2) is 0 Å². The van der Waals surface area contributed by atoms with Gasteiger partial charge in [0.1, 0.15) is 17.4 Å². The molecule has 3 rings (SSSR count). The topological polar surface area (TPSA) is 51.5 Å². The molecule has 4 nitrogen and oxygen atoms in total. The van der Waals surface area contributed by atoms with Crippen LogP contribution in [0.5, 0.6) is 0 Å². The number of carbonyl (C=O) groups is 1. The molecule has 0 bridgehead atoms. The summed E-state index contributed by atoms with van der Waals surface area (Å²) in [6, 6.07) is 7.66. The third-order valence-electron chi connectivity index (χ3n) is 3.27. The number of hydrogen-bond donors (Lipinski definition) is 1. The van der Waals surface area contributed by atoms with Gasteiger partial charge >= 0.3 is 5.97 Å². The van der Waals surface area contributed by atoms with Gasteiger partial charge in [-0.15, -0.1) is 0 Å². The largest absolute Gasteiger partial charge is 0.465 e. The Morgan fingerprint density at radius 2 is 2.33 bits per heavy atom. The average molecular weight is 245 g/mol. The minimum Gasteiger partial charge on any atom is -0.465 e. The van der Waals surface area contributed by atoms with Crippen molar-refractivity contribution in [2.45, 2.75) is 25.9 Å². The summed E-state index contributed by atoms with van der Waals surface area (Å²) in [7, 11) is 0. The lowest BCUT2D eigenvalue weighted by Crippen LogP contribution is -2.42. The number of hydrogen-bond acceptors (Lipinski definition) is 4. The second-order valence-corrected chi connectivity index (χ2v) is 4.39. The van der Waals surface area contributed by atoms with Crippen LogP contribution in [0, 0.1) is 0 Å². The zero-order valence-electron chi connectivity index (χ0n) is 10.2. The van der Waals surface area contributed by atoms with Crippen LogP contribution in [-0.2, 0) is 22.5 Å². The molecule has 0 saturated heterocycles. The highest BCUT2D eigenvalue weighted by molar-refractivity contribution is 5.84. The van der Waals surface area contributed by atoms with Crippen molar-refractivity contribution < 1.29 is 13.9 Å². The maximum absolute atomic E-state index is 11.8. The minimum atomic E-state index is -0.265. The summed E-state index contributed by atoms with van der Waals surface area (Å²) in [6.07, 6.45) is 0.630. The molecule has 0 fully saturated rings. The van der Waals surface area contributed by atoms with E-state index < -0.39 is 0 Å². The molecule has 0 radical (unpaired) electrons. The summed E-state index contributed by atoms with van der Waals surface area (Å²) in [4.78, 5) is 11.8. The van der Waals surface area contributed by atoms with Gasteiger partial charge in [0.2, 0.25) is 0 Å². The molecule has 0 saturated carbocycles. The molecule has 94 valence electrons. The maximum atomic E-state index is 11.8. The Labute approximate surface area is 105 Å². The predicted molar refractivity (Wildman–Crippen MR) is 67.2 cm³/mol. The predicted octanol–water partition coefficient (Wildman–Crippen LogP) is 2.01. The third kappa shape index (κ3) is 1.78. The van der Waals surface area contributed by atoms with Gasteiger partial charge in [0.25, 0.3) is 0 Å². The molecule has 1 aliphatic heterocycles. The number of fused-ring (bicyclic) bond motifs is 3. The molecule has 1 unspecified atom stereocenters. The molecule has 2 aromatic rings. The van der Waals surface area contributed by atoms with Crippen LogP contribution in [0.15, 0.2) is 28.7 Å². The first kappa shape index (κ1) is 11.3. The van der Waals surface area contributed by atoms with Crippen molar-refractivity contribution >= 4 is 16.9 Å². The van der Waals surface area contributed by atoms with E-state index in [-0.39, 0.29) is 12.0 Å². The molecule has 1 N–H and O–H groups in total. The Bertz CT molecular complexity index is 588. The lowest BCUT2D eigenvalue weighted by atomic mass is 9.99. The van der Waals surface area contributed by atoms with Crippen LogP contribution < -0.4 is 5.32 Å². The number of ether oxygens (including phenoxy) is 1. The van der Waals surface area contributed by atoms with Gasteiger partial charge in [0.05, 0.1) is 13.2 Å². The number of para-hydroxylation sites is 1. The number of nitrogens with one attached hydrogen (secondary N) is 1. The fraction of sp³-hybridized carbons (Fsp3) is 0.357. The first-order valence-corrected chi connectivity index (χ1v) is 6.19. The quantitative estimate of drug-likeness (QED) is 0.822. The smallest absolute Gasteiger partial charge is 0.323 e. The first-order valence-electron chi connectivity index (χ1n) is 6.19. The summed E-state index contributed by atoms with van der Waals surface area (Å²) in [5.74, 6) is 0.741. The Morgan fingerprint density at radius 3 is 3.17 bits per heavy atom. The van der Waals surface area contributed by atoms with E-state index in [1.165, 1.54) is 0 Å². The Hall–Kier alpha value is -1.81. The van der Waals surface area contributed by atoms with Crippen LogP contribution in [0.1, 0.15) is 18.2 Å². The standard InChI is InChI=1S/C14H15NO3/c1-2-17-14(16)11-7-10-9-5-3-4-6-12(9)18-13(10)8-15-11/h3-6,11,15H,2,7-8H2,1H3. The van der Waals surface area contributed by atoms with Gasteiger partial charge in [0.15, 0.2) is 0 Å². The maximum Gasteiger partial charge on any atom is 0.323 e. The first-order chi connectivity index (χ1) is 8.79. The molecule has 1 atom stereocenters. The van der Waals surface area contributed by atoms with Crippen molar-refractivity contribution in [1.29, 1.82) is 0 Å². The van der Waals surface area contributed by atoms with Crippen LogP contribution >= 0.6 is 0 Å². The van der Waals surface area contributed by atoms with E-state index in [4.69, 9.17) is 9.15 Å². The van der Waals surface area contributed by atoms with Crippen LogP contribution in [0.4, 0.5) is 0 Å². The molecule has 18 heavy (non-hydrogen) atoms. The highest BCUT2D eigenvalue weighted by atomic mass is 16.5. The molecule has 4 heteroatoms. The van der Waals surface area contributed by atoms with Gasteiger partial charge in [-0.1, -0.05) is 18.2 Å². The van der Waals surface area contributed by atoms with Gasteiger partial charge in [-0.05, 0) is 13.0 Å². The summed E-state index contributed by atoms with van der Waals surface area (Å²) >= 11 is 0. The van der Waals surface area contributed by atoms with Gasteiger partial charge < -0.3 is 9.15 Å². The van der Waals surface area contributed by atoms with E-state index in [9.17, 15) is 4.79 Å². The van der Waals surface area contributed by atoms with E-state index >= 15 is 0 Å². The zero-order valence-corrected chi connectivity index (χ0v) is 10.2. The lowest BCUT2D eigenvalue weighted by Gasteiger charge is -2.21. The Morgan fingerprint density at radius 1 is 1.50 bits per heavy atom. The van der Waals surface area contributed by atoms with Crippen molar-refractivity contribution in [2.24, 2.45) is 0 Å². The zero-order chi connectivity index (χ0) is 12.5. The fourth-order valence-electron chi connectivity index (χ4n) is 2.42. The molecule has 1 aliphatic rings. The summed E-state index contributed by atoms with van der Waals surface area (Å²) in [6.45, 7) is 2.81. The van der Waals surface area contributed by atoms with E-state index in [0.29, 0.717) is 19.6 Å². The molecular weight excluding hydrogens is 230 g/mol. The summed E-state index contributed by atoms with van der Waals surface area (Å²) in [5.41, 5.74) is 2.01. The molecule has 1 aromatic heterocycles. The average Bonchev–Trinajstić information content (AvgIpc) is 2.76. The number of furan rings is 1. The minimum absolute atomic E-state index is 0.187. The van der Waals surface area contributed by atoms with Gasteiger partial charge in [-0.2, -0.15) is 0 Å². The summed E-state index contributed by atoms with van der Waals surface area (Å²) in [5, 5.41) is 4.25. The Balaban J connectivity index is 1.94. The van der Waals surface area contributed by atoms with Crippen molar-refractivity contribution in [3.63, 3.8) is 0 Å². The summed E-state index contributed by atoms with van der Waals surface area (Å²) < 4.78 is 10.8. The van der Waals surface area contributed by atoms with Gasteiger partial charge in [-0.3, -0.25) is 10.1 Å². The number of benzene rings is 1. The molecule has 0 aliphatic carbocycles. The molecule has 2 heterocycles. The van der Waals surface area contributed by atoms with Crippen LogP contribution in [0.25, 0.3) is 11.0 Å². The normalized spacial score (nSPS) is 18.6. The van der Waals surface area contributed by atoms with Crippen LogP contribution in [0.2, 0.25) is 0 Å². The third-order valence-corrected chi connectivity index (χ3v) is 3.27. The number of rotatable bonds is 2. The second kappa shape index (κ2) is 4.46. The molecule has 0 amide bonds. The SMILES string of the molecule is CCOC(=O)C1Cc2c(oc3ccccc23)CN1. The number of esters is 1. The van der Waals surface area contributed by atoms with Gasteiger partial charge in [0, 0.05) is 17.4 Å².